The molecule has 0 spiro atoms. The Bertz CT molecular complexity index is 817. The van der Waals surface area contributed by atoms with Crippen molar-refractivity contribution in [3.8, 4) is 0 Å². The fourth-order valence-electron chi connectivity index (χ4n) is 2.48. The Hall–Kier alpha value is -0.810. The van der Waals surface area contributed by atoms with Gasteiger partial charge in [0.05, 0.1) is 6.04 Å². The van der Waals surface area contributed by atoms with Gasteiger partial charge in [0.2, 0.25) is 0 Å². The number of hydrogen-bond donors (Lipinski definition) is 1. The van der Waals surface area contributed by atoms with E-state index in [2.05, 4.69) is 22.6 Å². The van der Waals surface area contributed by atoms with Gasteiger partial charge in [-0.3, -0.25) is 0 Å². The maximum Gasteiger partial charge on any atom is 0.0568 e. The average Bonchev–Trinajstić information content (AvgIpc) is 2.50. The van der Waals surface area contributed by atoms with Crippen LogP contribution in [0, 0.1) is 3.57 Å². The van der Waals surface area contributed by atoms with Crippen molar-refractivity contribution in [1.29, 1.82) is 0 Å². The quantitative estimate of drug-likeness (QED) is 0.514. The van der Waals surface area contributed by atoms with Crippen LogP contribution >= 0.6 is 45.8 Å². The Morgan fingerprint density at radius 1 is 0.857 bits per heavy atom. The first-order chi connectivity index (χ1) is 10.1. The van der Waals surface area contributed by atoms with Gasteiger partial charge in [-0.05, 0) is 63.4 Å². The van der Waals surface area contributed by atoms with E-state index in [0.717, 1.165) is 30.5 Å². The molecule has 3 rings (SSSR count). The van der Waals surface area contributed by atoms with Gasteiger partial charge in [0.1, 0.15) is 0 Å². The molecule has 0 saturated carbocycles. The molecule has 0 radical (unpaired) electrons. The van der Waals surface area contributed by atoms with Crippen molar-refractivity contribution < 1.29 is 0 Å². The third kappa shape index (κ3) is 2.90. The topological polar surface area (TPSA) is 26.0 Å². The predicted octanol–water partition coefficient (Wildman–Crippen LogP) is 5.80. The number of halogens is 3. The smallest absolute Gasteiger partial charge is 0.0568 e. The average molecular weight is 428 g/mol. The van der Waals surface area contributed by atoms with E-state index in [4.69, 9.17) is 28.9 Å². The molecule has 106 valence electrons. The highest BCUT2D eigenvalue weighted by Gasteiger charge is 2.16. The van der Waals surface area contributed by atoms with Gasteiger partial charge < -0.3 is 5.73 Å². The maximum atomic E-state index is 6.50. The monoisotopic (exact) mass is 427 g/mol. The molecule has 0 aliphatic rings. The highest BCUT2D eigenvalue weighted by molar-refractivity contribution is 14.1. The van der Waals surface area contributed by atoms with Crippen LogP contribution in [0.2, 0.25) is 10.0 Å². The van der Waals surface area contributed by atoms with Gasteiger partial charge in [-0.1, -0.05) is 53.5 Å². The maximum absolute atomic E-state index is 6.50. The van der Waals surface area contributed by atoms with Crippen LogP contribution in [0.25, 0.3) is 10.8 Å². The summed E-state index contributed by atoms with van der Waals surface area (Å²) in [6, 6.07) is 17.5. The van der Waals surface area contributed by atoms with Gasteiger partial charge in [-0.2, -0.15) is 0 Å². The van der Waals surface area contributed by atoms with E-state index in [9.17, 15) is 0 Å². The second-order valence-electron chi connectivity index (χ2n) is 4.83. The highest BCUT2D eigenvalue weighted by Crippen LogP contribution is 2.33. The summed E-state index contributed by atoms with van der Waals surface area (Å²) >= 11 is 14.7. The Kier molecular flexibility index (Phi) is 4.41. The van der Waals surface area contributed by atoms with Crippen LogP contribution in [0.5, 0.6) is 0 Å². The SMILES string of the molecule is NC(c1cc(Cl)ccc1I)c1ccc(Cl)c2ccccc12. The third-order valence-corrected chi connectivity index (χ3v) is 5.08. The van der Waals surface area contributed by atoms with E-state index >= 15 is 0 Å². The zero-order chi connectivity index (χ0) is 15.0. The molecule has 3 aromatic rings. The van der Waals surface area contributed by atoms with Crippen molar-refractivity contribution in [2.24, 2.45) is 5.73 Å². The number of nitrogens with two attached hydrogens (primary N) is 1. The summed E-state index contributed by atoms with van der Waals surface area (Å²) < 4.78 is 1.10. The third-order valence-electron chi connectivity index (χ3n) is 3.53. The lowest BCUT2D eigenvalue weighted by Crippen LogP contribution is -2.13. The van der Waals surface area contributed by atoms with Crippen molar-refractivity contribution in [2.45, 2.75) is 6.04 Å². The number of hydrogen-bond acceptors (Lipinski definition) is 1. The van der Waals surface area contributed by atoms with Gasteiger partial charge in [0, 0.05) is 19.0 Å². The largest absolute Gasteiger partial charge is 0.320 e. The first kappa shape index (κ1) is 15.1. The van der Waals surface area contributed by atoms with E-state index in [1.54, 1.807) is 0 Å². The van der Waals surface area contributed by atoms with Crippen LogP contribution in [0.4, 0.5) is 0 Å². The predicted molar refractivity (Wildman–Crippen MR) is 99.2 cm³/mol. The lowest BCUT2D eigenvalue weighted by molar-refractivity contribution is 0.874. The minimum absolute atomic E-state index is 0.238. The second kappa shape index (κ2) is 6.13. The molecule has 4 heteroatoms. The fraction of sp³-hybridized carbons (Fsp3) is 0.0588. The van der Waals surface area contributed by atoms with E-state index in [1.807, 2.05) is 54.6 Å². The van der Waals surface area contributed by atoms with Gasteiger partial charge in [0.15, 0.2) is 0 Å². The first-order valence-electron chi connectivity index (χ1n) is 6.45. The standard InChI is InChI=1S/C17H12Cl2IN/c18-10-5-8-16(20)14(9-10)17(21)13-6-7-15(19)12-4-2-1-3-11(12)13/h1-9,17H,21H2. The molecule has 0 heterocycles. The summed E-state index contributed by atoms with van der Waals surface area (Å²) in [6.45, 7) is 0. The number of fused-ring (bicyclic) bond motifs is 1. The minimum atomic E-state index is -0.238. The molecular weight excluding hydrogens is 416 g/mol. The van der Waals surface area contributed by atoms with Crippen LogP contribution < -0.4 is 5.73 Å². The second-order valence-corrected chi connectivity index (χ2v) is 6.83. The molecule has 1 unspecified atom stereocenters. The van der Waals surface area contributed by atoms with E-state index in [-0.39, 0.29) is 6.04 Å². The van der Waals surface area contributed by atoms with Crippen molar-refractivity contribution in [2.75, 3.05) is 0 Å². The zero-order valence-electron chi connectivity index (χ0n) is 11.0. The molecule has 3 aromatic carbocycles. The van der Waals surface area contributed by atoms with E-state index < -0.39 is 0 Å². The van der Waals surface area contributed by atoms with Crippen LogP contribution in [-0.4, -0.2) is 0 Å². The van der Waals surface area contributed by atoms with Gasteiger partial charge in [0.25, 0.3) is 0 Å². The van der Waals surface area contributed by atoms with Crippen molar-refractivity contribution in [1.82, 2.24) is 0 Å². The molecule has 0 saturated heterocycles. The first-order valence-corrected chi connectivity index (χ1v) is 8.29. The molecule has 0 amide bonds. The molecule has 0 bridgehead atoms. The molecule has 0 aromatic heterocycles. The van der Waals surface area contributed by atoms with E-state index in [1.165, 1.54) is 0 Å². The summed E-state index contributed by atoms with van der Waals surface area (Å²) in [5, 5.41) is 3.53. The molecular formula is C17H12Cl2IN. The van der Waals surface area contributed by atoms with E-state index in [0.29, 0.717) is 5.02 Å². The van der Waals surface area contributed by atoms with Gasteiger partial charge in [-0.15, -0.1) is 0 Å². The summed E-state index contributed by atoms with van der Waals surface area (Å²) in [7, 11) is 0. The van der Waals surface area contributed by atoms with Crippen LogP contribution in [0.15, 0.2) is 54.6 Å². The lowest BCUT2D eigenvalue weighted by atomic mass is 9.94. The van der Waals surface area contributed by atoms with Crippen molar-refractivity contribution >= 4 is 56.6 Å². The lowest BCUT2D eigenvalue weighted by Gasteiger charge is -2.17. The number of benzene rings is 3. The molecule has 0 aliphatic heterocycles. The van der Waals surface area contributed by atoms with Gasteiger partial charge in [-0.25, -0.2) is 0 Å². The molecule has 21 heavy (non-hydrogen) atoms. The molecule has 1 atom stereocenters. The Labute approximate surface area is 147 Å². The molecule has 2 N–H and O–H groups in total. The van der Waals surface area contributed by atoms with Crippen molar-refractivity contribution in [3.05, 3.63) is 79.3 Å². The molecule has 1 nitrogen and oxygen atoms in total. The Balaban J connectivity index is 2.20. The minimum Gasteiger partial charge on any atom is -0.320 e. The Morgan fingerprint density at radius 2 is 1.57 bits per heavy atom. The fourth-order valence-corrected chi connectivity index (χ4v) is 3.56. The number of rotatable bonds is 2. The van der Waals surface area contributed by atoms with Crippen LogP contribution in [0.1, 0.15) is 17.2 Å². The molecule has 0 aliphatic carbocycles. The highest BCUT2D eigenvalue weighted by atomic mass is 127. The summed E-state index contributed by atoms with van der Waals surface area (Å²) in [5.74, 6) is 0. The zero-order valence-corrected chi connectivity index (χ0v) is 14.7. The summed E-state index contributed by atoms with van der Waals surface area (Å²) in [5.41, 5.74) is 8.57. The van der Waals surface area contributed by atoms with Crippen LogP contribution in [0.3, 0.4) is 0 Å². The Morgan fingerprint density at radius 3 is 2.33 bits per heavy atom. The summed E-state index contributed by atoms with van der Waals surface area (Å²) in [6.07, 6.45) is 0. The summed E-state index contributed by atoms with van der Waals surface area (Å²) in [4.78, 5) is 0. The molecule has 0 fully saturated rings. The normalized spacial score (nSPS) is 12.6. The van der Waals surface area contributed by atoms with Crippen LogP contribution in [-0.2, 0) is 0 Å². The van der Waals surface area contributed by atoms with Crippen molar-refractivity contribution in [3.63, 3.8) is 0 Å². The van der Waals surface area contributed by atoms with Gasteiger partial charge >= 0.3 is 0 Å².